The third-order valence-electron chi connectivity index (χ3n) is 5.71. The van der Waals surface area contributed by atoms with Gasteiger partial charge in [-0.25, -0.2) is 14.8 Å². The number of ketones is 1. The molecule has 2 heterocycles. The Kier molecular flexibility index (Phi) is 6.07. The zero-order valence-corrected chi connectivity index (χ0v) is 17.0. The average molecular weight is 381 g/mol. The first-order chi connectivity index (χ1) is 13.4. The number of esters is 1. The van der Waals surface area contributed by atoms with E-state index in [1.807, 2.05) is 31.7 Å². The number of piperidine rings is 1. The van der Waals surface area contributed by atoms with E-state index in [0.717, 1.165) is 29.5 Å². The van der Waals surface area contributed by atoms with E-state index in [0.29, 0.717) is 24.5 Å². The highest BCUT2D eigenvalue weighted by Gasteiger charge is 2.32. The molecule has 1 aliphatic heterocycles. The molecule has 0 spiro atoms. The Morgan fingerprint density at radius 3 is 2.50 bits per heavy atom. The molecule has 0 saturated carbocycles. The largest absolute Gasteiger partial charge is 0.456 e. The predicted octanol–water partition coefficient (Wildman–Crippen LogP) is 3.50. The molecule has 0 amide bonds. The molecule has 2 aromatic rings. The highest BCUT2D eigenvalue weighted by molar-refractivity contribution is 6.00. The fourth-order valence-corrected chi connectivity index (χ4v) is 3.67. The van der Waals surface area contributed by atoms with E-state index >= 15 is 0 Å². The number of aromatic nitrogens is 2. The van der Waals surface area contributed by atoms with Crippen LogP contribution in [0, 0.1) is 27.7 Å². The molecule has 1 atom stereocenters. The van der Waals surface area contributed by atoms with Gasteiger partial charge in [0.25, 0.3) is 0 Å². The zero-order chi connectivity index (χ0) is 20.3. The number of hydrogen-bond donors (Lipinski definition) is 0. The Balaban J connectivity index is 1.70. The highest BCUT2D eigenvalue weighted by Crippen LogP contribution is 2.24. The van der Waals surface area contributed by atoms with Crippen molar-refractivity contribution in [1.29, 1.82) is 0 Å². The van der Waals surface area contributed by atoms with Gasteiger partial charge in [-0.3, -0.25) is 4.79 Å². The van der Waals surface area contributed by atoms with Gasteiger partial charge in [-0.05, 0) is 81.3 Å². The van der Waals surface area contributed by atoms with Crippen molar-refractivity contribution < 1.29 is 14.3 Å². The van der Waals surface area contributed by atoms with Crippen LogP contribution in [0.2, 0.25) is 0 Å². The lowest BCUT2D eigenvalue weighted by molar-refractivity contribution is -0.144. The molecule has 1 fully saturated rings. The van der Waals surface area contributed by atoms with Crippen molar-refractivity contribution >= 4 is 17.7 Å². The van der Waals surface area contributed by atoms with Crippen LogP contribution in [0.1, 0.15) is 51.9 Å². The van der Waals surface area contributed by atoms with E-state index in [1.54, 1.807) is 18.5 Å². The number of benzene rings is 1. The van der Waals surface area contributed by atoms with Crippen molar-refractivity contribution in [1.82, 2.24) is 9.97 Å². The molecule has 0 bridgehead atoms. The van der Waals surface area contributed by atoms with Crippen molar-refractivity contribution in [3.8, 4) is 0 Å². The van der Waals surface area contributed by atoms with E-state index in [9.17, 15) is 9.59 Å². The van der Waals surface area contributed by atoms with Crippen molar-refractivity contribution in [2.24, 2.45) is 0 Å². The molecule has 0 unspecified atom stereocenters. The zero-order valence-electron chi connectivity index (χ0n) is 17.0. The monoisotopic (exact) mass is 381 g/mol. The Morgan fingerprint density at radius 1 is 1.07 bits per heavy atom. The fraction of sp³-hybridized carbons (Fsp3) is 0.455. The van der Waals surface area contributed by atoms with Crippen LogP contribution >= 0.6 is 0 Å². The number of hydrogen-bond acceptors (Lipinski definition) is 6. The number of anilines is 1. The van der Waals surface area contributed by atoms with Gasteiger partial charge in [0.15, 0.2) is 6.61 Å². The van der Waals surface area contributed by atoms with Crippen LogP contribution in [-0.2, 0) is 9.53 Å². The first-order valence-corrected chi connectivity index (χ1v) is 9.71. The Morgan fingerprint density at radius 2 is 1.79 bits per heavy atom. The molecular formula is C22H27N3O3. The lowest BCUT2D eigenvalue weighted by Crippen LogP contribution is -2.46. The Labute approximate surface area is 165 Å². The molecule has 1 aromatic heterocycles. The van der Waals surface area contributed by atoms with Gasteiger partial charge in [-0.2, -0.15) is 0 Å². The first kappa shape index (κ1) is 20.0. The number of carbonyl (C=O) groups is 2. The summed E-state index contributed by atoms with van der Waals surface area (Å²) in [6.45, 7) is 8.45. The minimum Gasteiger partial charge on any atom is -0.456 e. The molecule has 1 aromatic carbocycles. The van der Waals surface area contributed by atoms with Crippen LogP contribution < -0.4 is 4.90 Å². The molecule has 6 heteroatoms. The number of ether oxygens (including phenoxy) is 1. The number of carbonyl (C=O) groups excluding carboxylic acids is 2. The molecule has 3 rings (SSSR count). The quantitative estimate of drug-likeness (QED) is 0.583. The number of Topliss-reactive ketones (excluding diaryl/α,β-unsaturated/α-hetero) is 1. The van der Waals surface area contributed by atoms with Crippen molar-refractivity contribution in [3.05, 3.63) is 52.3 Å². The van der Waals surface area contributed by atoms with Gasteiger partial charge in [-0.1, -0.05) is 0 Å². The van der Waals surface area contributed by atoms with Crippen LogP contribution in [0.4, 0.5) is 5.95 Å². The maximum atomic E-state index is 12.7. The SMILES string of the molecule is Cc1cc(C(=O)COC(=O)[C@H]2CCCCN2c2ncccn2)c(C)c(C)c1C. The van der Waals surface area contributed by atoms with Crippen LogP contribution in [0.3, 0.4) is 0 Å². The van der Waals surface area contributed by atoms with E-state index in [2.05, 4.69) is 16.9 Å². The number of rotatable bonds is 5. The average Bonchev–Trinajstić information content (AvgIpc) is 2.73. The van der Waals surface area contributed by atoms with Crippen LogP contribution in [0.5, 0.6) is 0 Å². The summed E-state index contributed by atoms with van der Waals surface area (Å²) in [6.07, 6.45) is 5.91. The smallest absolute Gasteiger partial charge is 0.329 e. The van der Waals surface area contributed by atoms with Crippen LogP contribution in [-0.4, -0.2) is 40.9 Å². The molecule has 0 radical (unpaired) electrons. The summed E-state index contributed by atoms with van der Waals surface area (Å²) in [5.74, 6) is -0.0369. The molecule has 1 saturated heterocycles. The molecule has 0 aliphatic carbocycles. The minimum absolute atomic E-state index is 0.171. The Bertz CT molecular complexity index is 880. The minimum atomic E-state index is -0.452. The van der Waals surface area contributed by atoms with E-state index in [4.69, 9.17) is 4.74 Å². The summed E-state index contributed by atoms with van der Waals surface area (Å²) in [4.78, 5) is 35.8. The van der Waals surface area contributed by atoms with Gasteiger partial charge < -0.3 is 9.64 Å². The topological polar surface area (TPSA) is 72.4 Å². The summed E-state index contributed by atoms with van der Waals surface area (Å²) in [5, 5.41) is 0. The normalized spacial score (nSPS) is 16.7. The summed E-state index contributed by atoms with van der Waals surface area (Å²) in [5.41, 5.74) is 4.93. The highest BCUT2D eigenvalue weighted by atomic mass is 16.5. The van der Waals surface area contributed by atoms with Crippen molar-refractivity contribution in [2.75, 3.05) is 18.1 Å². The summed E-state index contributed by atoms with van der Waals surface area (Å²) >= 11 is 0. The number of aryl methyl sites for hydroxylation is 1. The lowest BCUT2D eigenvalue weighted by Gasteiger charge is -2.33. The molecule has 1 aliphatic rings. The second-order valence-electron chi connectivity index (χ2n) is 7.40. The van der Waals surface area contributed by atoms with Crippen molar-refractivity contribution in [2.45, 2.75) is 53.0 Å². The molecule has 0 N–H and O–H groups in total. The first-order valence-electron chi connectivity index (χ1n) is 9.71. The molecular weight excluding hydrogens is 354 g/mol. The van der Waals surface area contributed by atoms with Gasteiger partial charge in [0, 0.05) is 24.5 Å². The van der Waals surface area contributed by atoms with Gasteiger partial charge in [0.2, 0.25) is 11.7 Å². The standard InChI is InChI=1S/C22H27N3O3/c1-14-12-18(17(4)16(3)15(14)2)20(26)13-28-21(27)19-8-5-6-11-25(19)22-23-9-7-10-24-22/h7,9-10,12,19H,5-6,8,11,13H2,1-4H3/t19-/m1/s1. The van der Waals surface area contributed by atoms with E-state index in [-0.39, 0.29) is 12.4 Å². The molecule has 148 valence electrons. The summed E-state index contributed by atoms with van der Waals surface area (Å²) in [6, 6.07) is 3.18. The van der Waals surface area contributed by atoms with Gasteiger partial charge in [0.1, 0.15) is 6.04 Å². The lowest BCUT2D eigenvalue weighted by atomic mass is 9.93. The van der Waals surface area contributed by atoms with E-state index in [1.165, 1.54) is 5.56 Å². The maximum Gasteiger partial charge on any atom is 0.329 e. The second kappa shape index (κ2) is 8.50. The van der Waals surface area contributed by atoms with Gasteiger partial charge >= 0.3 is 5.97 Å². The third kappa shape index (κ3) is 4.06. The van der Waals surface area contributed by atoms with Crippen LogP contribution in [0.15, 0.2) is 24.5 Å². The second-order valence-corrected chi connectivity index (χ2v) is 7.40. The predicted molar refractivity (Wildman–Crippen MR) is 108 cm³/mol. The van der Waals surface area contributed by atoms with Gasteiger partial charge in [0.05, 0.1) is 0 Å². The summed E-state index contributed by atoms with van der Waals surface area (Å²) < 4.78 is 5.43. The van der Waals surface area contributed by atoms with Crippen LogP contribution in [0.25, 0.3) is 0 Å². The summed E-state index contributed by atoms with van der Waals surface area (Å²) in [7, 11) is 0. The molecule has 6 nitrogen and oxygen atoms in total. The molecule has 28 heavy (non-hydrogen) atoms. The van der Waals surface area contributed by atoms with Gasteiger partial charge in [-0.15, -0.1) is 0 Å². The van der Waals surface area contributed by atoms with E-state index < -0.39 is 12.0 Å². The van der Waals surface area contributed by atoms with Crippen molar-refractivity contribution in [3.63, 3.8) is 0 Å². The fourth-order valence-electron chi connectivity index (χ4n) is 3.67. The maximum absolute atomic E-state index is 12.7. The number of nitrogens with zero attached hydrogens (tertiary/aromatic N) is 3. The Hall–Kier alpha value is -2.76. The third-order valence-corrected chi connectivity index (χ3v) is 5.71.